The fourth-order valence-electron chi connectivity index (χ4n) is 3.88. The van der Waals surface area contributed by atoms with Crippen LogP contribution in [0.1, 0.15) is 27.2 Å². The van der Waals surface area contributed by atoms with Crippen molar-refractivity contribution >= 4 is 29.0 Å². The van der Waals surface area contributed by atoms with Crippen LogP contribution < -0.4 is 24.3 Å². The van der Waals surface area contributed by atoms with Crippen molar-refractivity contribution in [1.29, 1.82) is 0 Å². The van der Waals surface area contributed by atoms with Gasteiger partial charge >= 0.3 is 0 Å². The highest BCUT2D eigenvalue weighted by atomic mass is 19.1. The van der Waals surface area contributed by atoms with Crippen LogP contribution in [0.5, 0.6) is 23.0 Å². The van der Waals surface area contributed by atoms with Crippen molar-refractivity contribution in [3.8, 4) is 23.0 Å². The number of carbonyl (C=O) groups excluding carboxylic acids is 1. The van der Waals surface area contributed by atoms with Gasteiger partial charge in [0, 0.05) is 6.54 Å². The number of benzene rings is 3. The van der Waals surface area contributed by atoms with Crippen LogP contribution in [-0.4, -0.2) is 44.5 Å². The van der Waals surface area contributed by atoms with E-state index >= 15 is 0 Å². The van der Waals surface area contributed by atoms with Gasteiger partial charge in [-0.3, -0.25) is 9.89 Å². The van der Waals surface area contributed by atoms with Crippen molar-refractivity contribution in [2.45, 2.75) is 6.54 Å². The summed E-state index contributed by atoms with van der Waals surface area (Å²) in [5.74, 6) is 1.23. The second-order valence-electron chi connectivity index (χ2n) is 7.78. The van der Waals surface area contributed by atoms with E-state index in [1.54, 1.807) is 36.4 Å². The van der Waals surface area contributed by atoms with Crippen LogP contribution >= 0.6 is 0 Å². The number of fused-ring (bicyclic) bond motifs is 1. The van der Waals surface area contributed by atoms with Crippen LogP contribution in [0, 0.1) is 5.82 Å². The molecule has 9 heteroatoms. The lowest BCUT2D eigenvalue weighted by atomic mass is 10.1. The molecule has 0 saturated carbocycles. The molecule has 1 heterocycles. The Balaban J connectivity index is 1.61. The lowest BCUT2D eigenvalue weighted by molar-refractivity contribution is 0.0948. The molecule has 36 heavy (non-hydrogen) atoms. The molecule has 0 unspecified atom stereocenters. The van der Waals surface area contributed by atoms with E-state index in [0.717, 1.165) is 11.1 Å². The van der Waals surface area contributed by atoms with Gasteiger partial charge in [-0.25, -0.2) is 4.39 Å². The number of nitrogens with zero attached hydrogens (tertiary/aromatic N) is 1. The fraction of sp³-hybridized carbons (Fsp3) is 0.185. The Labute approximate surface area is 207 Å². The van der Waals surface area contributed by atoms with Gasteiger partial charge in [-0.1, -0.05) is 18.2 Å². The third-order valence-corrected chi connectivity index (χ3v) is 5.64. The van der Waals surface area contributed by atoms with E-state index in [9.17, 15) is 9.18 Å². The van der Waals surface area contributed by atoms with E-state index in [1.165, 1.54) is 40.6 Å². The molecule has 8 nitrogen and oxygen atoms in total. The monoisotopic (exact) mass is 491 g/mol. The number of hydrogen-bond donors (Lipinski definition) is 2. The third-order valence-electron chi connectivity index (χ3n) is 5.64. The Bertz CT molecular complexity index is 1390. The number of ether oxygens (including phenoxy) is 4. The Morgan fingerprint density at radius 1 is 0.917 bits per heavy atom. The largest absolute Gasteiger partial charge is 0.495 e. The van der Waals surface area contributed by atoms with Gasteiger partial charge in [0.15, 0.2) is 11.5 Å². The molecule has 0 aliphatic heterocycles. The molecule has 1 aromatic heterocycles. The molecule has 0 aliphatic carbocycles. The van der Waals surface area contributed by atoms with E-state index in [2.05, 4.69) is 15.5 Å². The normalized spacial score (nSPS) is 11.0. The minimum Gasteiger partial charge on any atom is -0.495 e. The quantitative estimate of drug-likeness (QED) is 0.348. The van der Waals surface area contributed by atoms with Gasteiger partial charge in [-0.05, 0) is 53.6 Å². The average Bonchev–Trinajstić information content (AvgIpc) is 3.33. The zero-order valence-electron chi connectivity index (χ0n) is 20.3. The number of amides is 1. The Morgan fingerprint density at radius 2 is 1.58 bits per heavy atom. The predicted molar refractivity (Wildman–Crippen MR) is 135 cm³/mol. The van der Waals surface area contributed by atoms with Crippen molar-refractivity contribution in [2.24, 2.45) is 0 Å². The van der Waals surface area contributed by atoms with Crippen LogP contribution in [0.2, 0.25) is 0 Å². The molecule has 2 N–H and O–H groups in total. The van der Waals surface area contributed by atoms with Crippen LogP contribution in [0.15, 0.2) is 48.5 Å². The van der Waals surface area contributed by atoms with Crippen LogP contribution in [0.3, 0.4) is 0 Å². The Hall–Kier alpha value is -4.53. The van der Waals surface area contributed by atoms with Crippen LogP contribution in [0.25, 0.3) is 23.1 Å². The maximum atomic E-state index is 13.2. The van der Waals surface area contributed by atoms with Gasteiger partial charge in [-0.15, -0.1) is 0 Å². The second kappa shape index (κ2) is 10.8. The van der Waals surface area contributed by atoms with Gasteiger partial charge in [-0.2, -0.15) is 5.10 Å². The van der Waals surface area contributed by atoms with Crippen molar-refractivity contribution in [1.82, 2.24) is 15.5 Å². The van der Waals surface area contributed by atoms with Gasteiger partial charge in [0.25, 0.3) is 5.91 Å². The smallest absolute Gasteiger partial charge is 0.255 e. The van der Waals surface area contributed by atoms with Gasteiger partial charge < -0.3 is 24.3 Å². The summed E-state index contributed by atoms with van der Waals surface area (Å²) >= 11 is 0. The topological polar surface area (TPSA) is 94.7 Å². The number of hydrogen-bond acceptors (Lipinski definition) is 6. The molecule has 4 rings (SSSR count). The molecule has 0 atom stereocenters. The first-order valence-electron chi connectivity index (χ1n) is 11.0. The van der Waals surface area contributed by atoms with Gasteiger partial charge in [0.05, 0.1) is 50.6 Å². The third kappa shape index (κ3) is 4.95. The molecular formula is C27H26FN3O5. The summed E-state index contributed by atoms with van der Waals surface area (Å²) in [5.41, 5.74) is 3.24. The van der Waals surface area contributed by atoms with E-state index in [1.807, 2.05) is 12.2 Å². The zero-order chi connectivity index (χ0) is 25.7. The number of H-pyrrole nitrogens is 1. The van der Waals surface area contributed by atoms with E-state index in [0.29, 0.717) is 45.2 Å². The summed E-state index contributed by atoms with van der Waals surface area (Å²) in [4.78, 5) is 13.2. The summed E-state index contributed by atoms with van der Waals surface area (Å²) in [6.45, 7) is 0.222. The highest BCUT2D eigenvalue weighted by molar-refractivity contribution is 6.05. The molecule has 3 aromatic carbocycles. The minimum absolute atomic E-state index is 0.222. The maximum Gasteiger partial charge on any atom is 0.255 e. The number of aromatic nitrogens is 2. The van der Waals surface area contributed by atoms with Crippen LogP contribution in [-0.2, 0) is 6.54 Å². The van der Waals surface area contributed by atoms with Crippen molar-refractivity contribution in [3.63, 3.8) is 0 Å². The molecule has 186 valence electrons. The Morgan fingerprint density at radius 3 is 2.19 bits per heavy atom. The second-order valence-corrected chi connectivity index (χ2v) is 7.78. The van der Waals surface area contributed by atoms with Gasteiger partial charge in [0.1, 0.15) is 11.6 Å². The molecule has 0 radical (unpaired) electrons. The van der Waals surface area contributed by atoms with E-state index in [4.69, 9.17) is 18.9 Å². The lowest BCUT2D eigenvalue weighted by Crippen LogP contribution is -2.23. The van der Waals surface area contributed by atoms with E-state index < -0.39 is 0 Å². The highest BCUT2D eigenvalue weighted by Crippen LogP contribution is 2.38. The molecular weight excluding hydrogens is 465 g/mol. The predicted octanol–water partition coefficient (Wildman–Crippen LogP) is 4.84. The first-order valence-corrected chi connectivity index (χ1v) is 11.0. The zero-order valence-corrected chi connectivity index (χ0v) is 20.3. The Kier molecular flexibility index (Phi) is 7.39. The first-order chi connectivity index (χ1) is 17.5. The summed E-state index contributed by atoms with van der Waals surface area (Å²) in [5, 5.41) is 10.9. The molecule has 0 aliphatic rings. The number of nitrogens with one attached hydrogen (secondary N) is 2. The number of aromatic amines is 1. The van der Waals surface area contributed by atoms with Crippen molar-refractivity contribution in [3.05, 3.63) is 76.7 Å². The SMILES string of the molecule is COc1cc(CNC(=O)c2ccc3n[nH]c(/C=C/c4ccc(F)cc4)c3c2OC)cc(OC)c1OC. The summed E-state index contributed by atoms with van der Waals surface area (Å²) in [6.07, 6.45) is 3.63. The average molecular weight is 492 g/mol. The molecule has 0 spiro atoms. The number of rotatable bonds is 9. The minimum atomic E-state index is -0.322. The molecule has 4 aromatic rings. The number of carbonyl (C=O) groups is 1. The first kappa shape index (κ1) is 24.6. The summed E-state index contributed by atoms with van der Waals surface area (Å²) in [7, 11) is 6.11. The van der Waals surface area contributed by atoms with Crippen molar-refractivity contribution in [2.75, 3.05) is 28.4 Å². The van der Waals surface area contributed by atoms with Crippen LogP contribution in [0.4, 0.5) is 4.39 Å². The summed E-state index contributed by atoms with van der Waals surface area (Å²) in [6, 6.07) is 13.1. The molecule has 1 amide bonds. The van der Waals surface area contributed by atoms with Gasteiger partial charge in [0.2, 0.25) is 5.75 Å². The van der Waals surface area contributed by atoms with Crippen molar-refractivity contribution < 1.29 is 28.1 Å². The van der Waals surface area contributed by atoms with E-state index in [-0.39, 0.29) is 18.3 Å². The number of halogens is 1. The fourth-order valence-corrected chi connectivity index (χ4v) is 3.88. The lowest BCUT2D eigenvalue weighted by Gasteiger charge is -2.15. The maximum absolute atomic E-state index is 13.2. The molecule has 0 bridgehead atoms. The molecule has 0 saturated heterocycles. The highest BCUT2D eigenvalue weighted by Gasteiger charge is 2.19. The summed E-state index contributed by atoms with van der Waals surface area (Å²) < 4.78 is 35.0. The standard InChI is InChI=1S/C27H26FN3O5/c1-33-22-13-17(14-23(34-2)26(22)36-4)15-29-27(32)19-10-12-21-24(25(19)35-3)20(30-31-21)11-7-16-5-8-18(28)9-6-16/h5-14H,15H2,1-4H3,(H,29,32)(H,30,31)/b11-7+. The number of methoxy groups -OCH3 is 4. The molecule has 0 fully saturated rings.